The molecular formula is C19H39N3O4Si. The van der Waals surface area contributed by atoms with Crippen LogP contribution in [0.25, 0.3) is 0 Å². The van der Waals surface area contributed by atoms with Crippen molar-refractivity contribution in [1.82, 2.24) is 15.5 Å². The summed E-state index contributed by atoms with van der Waals surface area (Å²) in [5.41, 5.74) is -0.538. The molecule has 1 heterocycles. The molecule has 0 bridgehead atoms. The van der Waals surface area contributed by atoms with Crippen LogP contribution in [0.15, 0.2) is 0 Å². The molecule has 2 amide bonds. The number of amides is 2. The third kappa shape index (κ3) is 10.00. The third-order valence-corrected chi connectivity index (χ3v) is 5.97. The van der Waals surface area contributed by atoms with Crippen LogP contribution in [0.4, 0.5) is 9.59 Å². The van der Waals surface area contributed by atoms with Gasteiger partial charge >= 0.3 is 12.2 Å². The Kier molecular flexibility index (Phi) is 8.60. The molecule has 1 saturated heterocycles. The van der Waals surface area contributed by atoms with Crippen LogP contribution in [-0.2, 0) is 9.47 Å². The van der Waals surface area contributed by atoms with Crippen molar-refractivity contribution in [3.8, 4) is 0 Å². The molecule has 7 nitrogen and oxygen atoms in total. The standard InChI is InChI=1S/C19H39N3O4Si/c1-14(2)20-11-15-12-22(18(24)26-19(3,4)5)13-16(15)21-17(23)25-9-10-27(6,7)8/h14-16,20H,9-13H2,1-8H3,(H,21,23)/t15-,16-/m1/s1. The monoisotopic (exact) mass is 401 g/mol. The third-order valence-electron chi connectivity index (χ3n) is 4.27. The van der Waals surface area contributed by atoms with Gasteiger partial charge in [0.1, 0.15) is 5.60 Å². The summed E-state index contributed by atoms with van der Waals surface area (Å²) in [4.78, 5) is 26.3. The molecule has 0 radical (unpaired) electrons. The van der Waals surface area contributed by atoms with E-state index in [4.69, 9.17) is 9.47 Å². The number of nitrogens with zero attached hydrogens (tertiary/aromatic N) is 1. The van der Waals surface area contributed by atoms with Gasteiger partial charge in [-0.2, -0.15) is 0 Å². The van der Waals surface area contributed by atoms with Crippen molar-refractivity contribution < 1.29 is 19.1 Å². The lowest BCUT2D eigenvalue weighted by Crippen LogP contribution is -2.45. The van der Waals surface area contributed by atoms with Crippen molar-refractivity contribution in [2.45, 2.75) is 78.0 Å². The van der Waals surface area contributed by atoms with Gasteiger partial charge < -0.3 is 25.0 Å². The molecule has 0 spiro atoms. The quantitative estimate of drug-likeness (QED) is 0.640. The number of carbonyl (C=O) groups excluding carboxylic acids is 2. The van der Waals surface area contributed by atoms with Crippen molar-refractivity contribution in [1.29, 1.82) is 0 Å². The lowest BCUT2D eigenvalue weighted by Gasteiger charge is -2.24. The largest absolute Gasteiger partial charge is 0.450 e. The average molecular weight is 402 g/mol. The van der Waals surface area contributed by atoms with Gasteiger partial charge in [0.15, 0.2) is 0 Å². The highest BCUT2D eigenvalue weighted by molar-refractivity contribution is 6.76. The number of nitrogens with one attached hydrogen (secondary N) is 2. The van der Waals surface area contributed by atoms with Gasteiger partial charge in [-0.15, -0.1) is 0 Å². The number of rotatable bonds is 7. The van der Waals surface area contributed by atoms with Crippen LogP contribution in [0.1, 0.15) is 34.6 Å². The zero-order valence-corrected chi connectivity index (χ0v) is 19.3. The molecule has 0 aliphatic carbocycles. The van der Waals surface area contributed by atoms with Gasteiger partial charge in [0.05, 0.1) is 12.6 Å². The summed E-state index contributed by atoms with van der Waals surface area (Å²) in [6.45, 7) is 18.6. The van der Waals surface area contributed by atoms with Gasteiger partial charge in [0, 0.05) is 39.7 Å². The highest BCUT2D eigenvalue weighted by Gasteiger charge is 2.38. The Balaban J connectivity index is 2.63. The molecule has 0 aromatic heterocycles. The van der Waals surface area contributed by atoms with Crippen LogP contribution in [0.5, 0.6) is 0 Å². The lowest BCUT2D eigenvalue weighted by atomic mass is 10.0. The Labute approximate surface area is 165 Å². The summed E-state index contributed by atoms with van der Waals surface area (Å²) >= 11 is 0. The molecule has 2 N–H and O–H groups in total. The van der Waals surface area contributed by atoms with Gasteiger partial charge in [-0.1, -0.05) is 33.5 Å². The predicted octanol–water partition coefficient (Wildman–Crippen LogP) is 3.28. The van der Waals surface area contributed by atoms with E-state index in [1.54, 1.807) is 4.90 Å². The molecule has 1 rings (SSSR count). The summed E-state index contributed by atoms with van der Waals surface area (Å²) in [6, 6.07) is 1.13. The van der Waals surface area contributed by atoms with Gasteiger partial charge in [0.2, 0.25) is 0 Å². The van der Waals surface area contributed by atoms with E-state index in [1.165, 1.54) is 0 Å². The number of ether oxygens (including phenoxy) is 2. The maximum absolute atomic E-state index is 12.4. The molecular weight excluding hydrogens is 362 g/mol. The average Bonchev–Trinajstić information content (AvgIpc) is 2.85. The fraction of sp³-hybridized carbons (Fsp3) is 0.895. The highest BCUT2D eigenvalue weighted by Crippen LogP contribution is 2.20. The molecule has 8 heteroatoms. The maximum Gasteiger partial charge on any atom is 0.410 e. The Morgan fingerprint density at radius 3 is 2.33 bits per heavy atom. The smallest absolute Gasteiger partial charge is 0.410 e. The molecule has 1 fully saturated rings. The second-order valence-electron chi connectivity index (χ2n) is 9.91. The van der Waals surface area contributed by atoms with Crippen molar-refractivity contribution in [3.05, 3.63) is 0 Å². The lowest BCUT2D eigenvalue weighted by molar-refractivity contribution is 0.0285. The van der Waals surface area contributed by atoms with Crippen molar-refractivity contribution in [2.75, 3.05) is 26.2 Å². The van der Waals surface area contributed by atoms with Crippen LogP contribution in [0.2, 0.25) is 25.7 Å². The summed E-state index contributed by atoms with van der Waals surface area (Å²) in [7, 11) is -1.24. The van der Waals surface area contributed by atoms with E-state index in [0.717, 1.165) is 12.6 Å². The number of carbonyl (C=O) groups is 2. The first-order valence-electron chi connectivity index (χ1n) is 9.91. The summed E-state index contributed by atoms with van der Waals surface area (Å²) in [6.07, 6.45) is -0.743. The summed E-state index contributed by atoms with van der Waals surface area (Å²) in [5.74, 6) is 0.115. The minimum atomic E-state index is -1.24. The van der Waals surface area contributed by atoms with Crippen LogP contribution in [0.3, 0.4) is 0 Å². The van der Waals surface area contributed by atoms with Crippen LogP contribution in [-0.4, -0.2) is 69.1 Å². The Morgan fingerprint density at radius 2 is 1.81 bits per heavy atom. The van der Waals surface area contributed by atoms with Crippen molar-refractivity contribution in [3.63, 3.8) is 0 Å². The second-order valence-corrected chi connectivity index (χ2v) is 15.5. The SMILES string of the molecule is CC(C)NC[C@@H]1CN(C(=O)OC(C)(C)C)C[C@H]1NC(=O)OCC[Si](C)(C)C. The molecule has 1 aliphatic rings. The van der Waals surface area contributed by atoms with E-state index >= 15 is 0 Å². The second kappa shape index (κ2) is 9.77. The number of hydrogen-bond acceptors (Lipinski definition) is 5. The molecule has 0 aromatic rings. The molecule has 0 unspecified atom stereocenters. The molecule has 0 aromatic carbocycles. The predicted molar refractivity (Wildman–Crippen MR) is 111 cm³/mol. The fourth-order valence-corrected chi connectivity index (χ4v) is 3.46. The van der Waals surface area contributed by atoms with Crippen molar-refractivity contribution in [2.24, 2.45) is 5.92 Å². The molecule has 1 aliphatic heterocycles. The van der Waals surface area contributed by atoms with Gasteiger partial charge in [-0.05, 0) is 26.8 Å². The van der Waals surface area contributed by atoms with E-state index in [2.05, 4.69) is 44.1 Å². The van der Waals surface area contributed by atoms with Crippen LogP contribution >= 0.6 is 0 Å². The van der Waals surface area contributed by atoms with E-state index in [0.29, 0.717) is 25.7 Å². The molecule has 158 valence electrons. The summed E-state index contributed by atoms with van der Waals surface area (Å²) < 4.78 is 10.8. The molecule has 2 atom stereocenters. The first-order chi connectivity index (χ1) is 12.3. The first-order valence-corrected chi connectivity index (χ1v) is 13.6. The zero-order valence-electron chi connectivity index (χ0n) is 18.3. The fourth-order valence-electron chi connectivity index (χ4n) is 2.75. The number of alkyl carbamates (subject to hydrolysis) is 1. The van der Waals surface area contributed by atoms with E-state index < -0.39 is 19.8 Å². The topological polar surface area (TPSA) is 79.9 Å². The molecule has 27 heavy (non-hydrogen) atoms. The number of likely N-dealkylation sites (tertiary alicyclic amines) is 1. The van der Waals surface area contributed by atoms with Crippen molar-refractivity contribution >= 4 is 20.3 Å². The zero-order chi connectivity index (χ0) is 20.8. The molecule has 0 saturated carbocycles. The Morgan fingerprint density at radius 1 is 1.19 bits per heavy atom. The Hall–Kier alpha value is -1.28. The first kappa shape index (κ1) is 23.8. The highest BCUT2D eigenvalue weighted by atomic mass is 28.3. The minimum absolute atomic E-state index is 0.115. The van der Waals surface area contributed by atoms with E-state index in [-0.39, 0.29) is 18.1 Å². The van der Waals surface area contributed by atoms with Crippen LogP contribution < -0.4 is 10.6 Å². The van der Waals surface area contributed by atoms with Gasteiger partial charge in [-0.25, -0.2) is 9.59 Å². The van der Waals surface area contributed by atoms with Crippen LogP contribution in [0, 0.1) is 5.92 Å². The van der Waals surface area contributed by atoms with E-state index in [1.807, 2.05) is 20.8 Å². The minimum Gasteiger partial charge on any atom is -0.450 e. The normalized spacial score (nSPS) is 20.7. The van der Waals surface area contributed by atoms with Gasteiger partial charge in [0.25, 0.3) is 0 Å². The number of hydrogen-bond donors (Lipinski definition) is 2. The van der Waals surface area contributed by atoms with E-state index in [9.17, 15) is 9.59 Å². The summed E-state index contributed by atoms with van der Waals surface area (Å²) in [5, 5.41) is 6.35. The maximum atomic E-state index is 12.4. The van der Waals surface area contributed by atoms with Gasteiger partial charge in [-0.3, -0.25) is 0 Å². The Bertz CT molecular complexity index is 500.